The van der Waals surface area contributed by atoms with Crippen LogP contribution in [0.25, 0.3) is 11.1 Å². The summed E-state index contributed by atoms with van der Waals surface area (Å²) in [5.74, 6) is 0.146. The van der Waals surface area contributed by atoms with Gasteiger partial charge in [-0.3, -0.25) is 14.5 Å². The molecule has 31 heavy (non-hydrogen) atoms. The molecule has 2 heterocycles. The van der Waals surface area contributed by atoms with Crippen LogP contribution in [0.15, 0.2) is 42.5 Å². The van der Waals surface area contributed by atoms with Crippen molar-refractivity contribution < 1.29 is 9.59 Å². The standard InChI is InChI=1S/C26H31N3O2/c1-2-27-25(30)19-8-6-18(7-9-19)20-10-11-24-21(16-20)12-15-29(26(24)31)23-13-14-28(17-23)22-4-3-5-22/h6-11,16,22-23H,2-5,12-15,17H2,1H3,(H,27,30)/t23-/m1/s1. The van der Waals surface area contributed by atoms with E-state index in [0.29, 0.717) is 18.2 Å². The SMILES string of the molecule is CCNC(=O)c1ccc(-c2ccc3c(c2)CCN([C@@H]2CCN(C4CCC4)C2)C3=O)cc1. The van der Waals surface area contributed by atoms with Crippen molar-refractivity contribution in [3.63, 3.8) is 0 Å². The number of nitrogens with one attached hydrogen (secondary N) is 1. The average molecular weight is 418 g/mol. The van der Waals surface area contributed by atoms with Gasteiger partial charge in [0.2, 0.25) is 0 Å². The minimum absolute atomic E-state index is 0.0482. The Kier molecular flexibility index (Phi) is 5.53. The van der Waals surface area contributed by atoms with Crippen LogP contribution in [0, 0.1) is 0 Å². The zero-order chi connectivity index (χ0) is 21.4. The number of amides is 2. The Balaban J connectivity index is 1.30. The first-order valence-corrected chi connectivity index (χ1v) is 11.7. The molecule has 0 aromatic heterocycles. The van der Waals surface area contributed by atoms with Crippen molar-refractivity contribution in [1.29, 1.82) is 0 Å². The van der Waals surface area contributed by atoms with Gasteiger partial charge in [0.25, 0.3) is 11.8 Å². The normalized spacial score (nSPS) is 21.6. The fourth-order valence-electron chi connectivity index (χ4n) is 5.22. The highest BCUT2D eigenvalue weighted by Gasteiger charge is 2.37. The van der Waals surface area contributed by atoms with Crippen LogP contribution < -0.4 is 5.32 Å². The molecular formula is C26H31N3O2. The Bertz CT molecular complexity index is 981. The highest BCUT2D eigenvalue weighted by atomic mass is 16.2. The molecule has 0 spiro atoms. The summed E-state index contributed by atoms with van der Waals surface area (Å²) in [5.41, 5.74) is 4.83. The third-order valence-corrected chi connectivity index (χ3v) is 7.26. The Morgan fingerprint density at radius 1 is 1.00 bits per heavy atom. The number of hydrogen-bond donors (Lipinski definition) is 1. The number of rotatable bonds is 5. The number of likely N-dealkylation sites (tertiary alicyclic amines) is 1. The monoisotopic (exact) mass is 417 g/mol. The predicted octanol–water partition coefficient (Wildman–Crippen LogP) is 3.73. The van der Waals surface area contributed by atoms with Crippen LogP contribution in [-0.4, -0.2) is 59.9 Å². The zero-order valence-corrected chi connectivity index (χ0v) is 18.3. The summed E-state index contributed by atoms with van der Waals surface area (Å²) in [5, 5.41) is 2.83. The van der Waals surface area contributed by atoms with Crippen molar-refractivity contribution in [2.75, 3.05) is 26.2 Å². The highest BCUT2D eigenvalue weighted by Crippen LogP contribution is 2.32. The molecule has 1 saturated carbocycles. The van der Waals surface area contributed by atoms with Crippen LogP contribution in [0.2, 0.25) is 0 Å². The molecule has 2 fully saturated rings. The summed E-state index contributed by atoms with van der Waals surface area (Å²) in [7, 11) is 0. The second-order valence-corrected chi connectivity index (χ2v) is 9.08. The van der Waals surface area contributed by atoms with Crippen LogP contribution >= 0.6 is 0 Å². The molecule has 2 amide bonds. The molecule has 0 unspecified atom stereocenters. The third kappa shape index (κ3) is 3.87. The van der Waals surface area contributed by atoms with Crippen LogP contribution in [0.3, 0.4) is 0 Å². The minimum Gasteiger partial charge on any atom is -0.352 e. The maximum absolute atomic E-state index is 13.3. The van der Waals surface area contributed by atoms with E-state index in [1.54, 1.807) is 0 Å². The van der Waals surface area contributed by atoms with Gasteiger partial charge in [0.05, 0.1) is 0 Å². The van der Waals surface area contributed by atoms with Crippen molar-refractivity contribution in [2.45, 2.75) is 51.1 Å². The highest BCUT2D eigenvalue weighted by molar-refractivity contribution is 5.98. The Morgan fingerprint density at radius 2 is 1.77 bits per heavy atom. The van der Waals surface area contributed by atoms with Gasteiger partial charge in [-0.15, -0.1) is 0 Å². The molecule has 2 aromatic rings. The lowest BCUT2D eigenvalue weighted by atomic mass is 9.92. The quantitative estimate of drug-likeness (QED) is 0.807. The number of carbonyl (C=O) groups excluding carboxylic acids is 2. The van der Waals surface area contributed by atoms with E-state index in [-0.39, 0.29) is 11.8 Å². The minimum atomic E-state index is -0.0482. The molecule has 1 saturated heterocycles. The lowest BCUT2D eigenvalue weighted by Crippen LogP contribution is -2.47. The molecule has 5 rings (SSSR count). The molecule has 2 aliphatic heterocycles. The van der Waals surface area contributed by atoms with Gasteiger partial charge in [-0.05, 0) is 67.5 Å². The maximum atomic E-state index is 13.3. The summed E-state index contributed by atoms with van der Waals surface area (Å²) < 4.78 is 0. The number of benzene rings is 2. The zero-order valence-electron chi connectivity index (χ0n) is 18.3. The van der Waals surface area contributed by atoms with Crippen LogP contribution in [-0.2, 0) is 6.42 Å². The van der Waals surface area contributed by atoms with Crippen LogP contribution in [0.1, 0.15) is 58.9 Å². The van der Waals surface area contributed by atoms with E-state index in [1.807, 2.05) is 43.3 Å². The summed E-state index contributed by atoms with van der Waals surface area (Å²) in [4.78, 5) is 30.0. The fraction of sp³-hybridized carbons (Fsp3) is 0.462. The molecule has 3 aliphatic rings. The first-order valence-electron chi connectivity index (χ1n) is 11.7. The van der Waals surface area contributed by atoms with Crippen LogP contribution in [0.4, 0.5) is 0 Å². The smallest absolute Gasteiger partial charge is 0.254 e. The second-order valence-electron chi connectivity index (χ2n) is 9.08. The molecule has 1 atom stereocenters. The number of hydrogen-bond acceptors (Lipinski definition) is 3. The van der Waals surface area contributed by atoms with Crippen molar-refractivity contribution in [1.82, 2.24) is 15.1 Å². The topological polar surface area (TPSA) is 52.7 Å². The van der Waals surface area contributed by atoms with Gasteiger partial charge in [-0.2, -0.15) is 0 Å². The van der Waals surface area contributed by atoms with Gasteiger partial charge in [0, 0.05) is 49.4 Å². The van der Waals surface area contributed by atoms with E-state index in [1.165, 1.54) is 19.3 Å². The largest absolute Gasteiger partial charge is 0.352 e. The van der Waals surface area contributed by atoms with Gasteiger partial charge in [0.15, 0.2) is 0 Å². The van der Waals surface area contributed by atoms with E-state index in [9.17, 15) is 9.59 Å². The third-order valence-electron chi connectivity index (χ3n) is 7.26. The number of fused-ring (bicyclic) bond motifs is 1. The van der Waals surface area contributed by atoms with Gasteiger partial charge >= 0.3 is 0 Å². The van der Waals surface area contributed by atoms with Crippen LogP contribution in [0.5, 0.6) is 0 Å². The van der Waals surface area contributed by atoms with E-state index in [0.717, 1.165) is 60.8 Å². The summed E-state index contributed by atoms with van der Waals surface area (Å²) >= 11 is 0. The van der Waals surface area contributed by atoms with Gasteiger partial charge in [-0.1, -0.05) is 30.7 Å². The van der Waals surface area contributed by atoms with Crippen molar-refractivity contribution in [3.8, 4) is 11.1 Å². The van der Waals surface area contributed by atoms with E-state index >= 15 is 0 Å². The maximum Gasteiger partial charge on any atom is 0.254 e. The van der Waals surface area contributed by atoms with Gasteiger partial charge in [0.1, 0.15) is 0 Å². The summed E-state index contributed by atoms with van der Waals surface area (Å²) in [6, 6.07) is 15.0. The first-order chi connectivity index (χ1) is 15.1. The average Bonchev–Trinajstić information content (AvgIpc) is 3.22. The molecule has 0 radical (unpaired) electrons. The fourth-order valence-corrected chi connectivity index (χ4v) is 5.22. The second kappa shape index (κ2) is 8.46. The van der Waals surface area contributed by atoms with E-state index in [2.05, 4.69) is 21.2 Å². The molecule has 5 heteroatoms. The number of nitrogens with zero attached hydrogens (tertiary/aromatic N) is 2. The lowest BCUT2D eigenvalue weighted by Gasteiger charge is -2.37. The Hall–Kier alpha value is -2.66. The molecule has 5 nitrogen and oxygen atoms in total. The molecule has 1 aliphatic carbocycles. The van der Waals surface area contributed by atoms with Crippen molar-refractivity contribution >= 4 is 11.8 Å². The van der Waals surface area contributed by atoms with E-state index < -0.39 is 0 Å². The summed E-state index contributed by atoms with van der Waals surface area (Å²) in [6.07, 6.45) is 6.03. The van der Waals surface area contributed by atoms with Crippen molar-refractivity contribution in [2.24, 2.45) is 0 Å². The lowest BCUT2D eigenvalue weighted by molar-refractivity contribution is 0.0646. The summed E-state index contributed by atoms with van der Waals surface area (Å²) in [6.45, 7) is 5.53. The number of carbonyl (C=O) groups is 2. The van der Waals surface area contributed by atoms with Crippen molar-refractivity contribution in [3.05, 3.63) is 59.2 Å². The molecular weight excluding hydrogens is 386 g/mol. The van der Waals surface area contributed by atoms with E-state index in [4.69, 9.17) is 0 Å². The van der Waals surface area contributed by atoms with Gasteiger partial charge in [-0.25, -0.2) is 0 Å². The molecule has 2 aromatic carbocycles. The molecule has 1 N–H and O–H groups in total. The van der Waals surface area contributed by atoms with Gasteiger partial charge < -0.3 is 10.2 Å². The molecule has 0 bridgehead atoms. The first kappa shape index (κ1) is 20.3. The Morgan fingerprint density at radius 3 is 2.48 bits per heavy atom. The molecule has 162 valence electrons. The predicted molar refractivity (Wildman–Crippen MR) is 122 cm³/mol. The Labute approximate surface area is 184 Å².